The normalized spacial score (nSPS) is 9.68. The Morgan fingerprint density at radius 2 is 1.32 bits per heavy atom. The molecule has 0 aliphatic rings. The molecule has 19 heavy (non-hydrogen) atoms. The number of aromatic nitrogens is 3. The van der Waals surface area contributed by atoms with Gasteiger partial charge >= 0.3 is 0 Å². The fraction of sp³-hybridized carbons (Fsp3) is 0. The summed E-state index contributed by atoms with van der Waals surface area (Å²) in [5, 5.41) is 0. The average molecular weight is 299 g/mol. The Balaban J connectivity index is 0.00000133. The van der Waals surface area contributed by atoms with Crippen LogP contribution in [0.1, 0.15) is 0 Å². The molecule has 0 saturated carbocycles. The van der Waals surface area contributed by atoms with Crippen LogP contribution in [0.4, 0.5) is 0 Å². The van der Waals surface area contributed by atoms with Gasteiger partial charge in [0.1, 0.15) is 0 Å². The largest absolute Gasteiger partial charge is 0.264 e. The first-order valence-corrected chi connectivity index (χ1v) is 5.71. The summed E-state index contributed by atoms with van der Waals surface area (Å²) in [6.45, 7) is 0. The van der Waals surface area contributed by atoms with Crippen molar-refractivity contribution in [3.8, 4) is 22.4 Å². The average Bonchev–Trinajstić information content (AvgIpc) is 2.49. The minimum atomic E-state index is 0. The molecule has 88 valence electrons. The molecular formula is C15H11N3Zn. The van der Waals surface area contributed by atoms with E-state index < -0.39 is 0 Å². The first-order chi connectivity index (χ1) is 8.95. The van der Waals surface area contributed by atoms with E-state index in [-0.39, 0.29) is 19.5 Å². The second-order valence-corrected chi connectivity index (χ2v) is 3.88. The van der Waals surface area contributed by atoms with Gasteiger partial charge < -0.3 is 0 Å². The summed E-state index contributed by atoms with van der Waals surface area (Å²) in [5.74, 6) is 0. The number of rotatable bonds is 2. The minimum absolute atomic E-state index is 0. The van der Waals surface area contributed by atoms with Gasteiger partial charge in [0.15, 0.2) is 0 Å². The van der Waals surface area contributed by atoms with E-state index in [1.165, 1.54) is 0 Å². The van der Waals surface area contributed by atoms with Gasteiger partial charge in [0.25, 0.3) is 0 Å². The molecule has 0 unspecified atom stereocenters. The topological polar surface area (TPSA) is 38.7 Å². The van der Waals surface area contributed by atoms with Gasteiger partial charge in [0, 0.05) is 67.2 Å². The SMILES string of the molecule is [Zn].c1cncc(-c2cccnc2-c2cccnc2)c1. The monoisotopic (exact) mass is 297 g/mol. The molecule has 0 amide bonds. The first kappa shape index (κ1) is 13.5. The van der Waals surface area contributed by atoms with Gasteiger partial charge in [-0.3, -0.25) is 15.0 Å². The number of nitrogens with zero attached hydrogens (tertiary/aromatic N) is 3. The Kier molecular flexibility index (Phi) is 4.48. The van der Waals surface area contributed by atoms with E-state index in [1.54, 1.807) is 18.6 Å². The van der Waals surface area contributed by atoms with E-state index >= 15 is 0 Å². The maximum absolute atomic E-state index is 4.46. The van der Waals surface area contributed by atoms with Crippen LogP contribution in [-0.4, -0.2) is 15.0 Å². The second-order valence-electron chi connectivity index (χ2n) is 3.88. The molecule has 0 saturated heterocycles. The van der Waals surface area contributed by atoms with Gasteiger partial charge in [0.2, 0.25) is 0 Å². The smallest absolute Gasteiger partial charge is 0.0796 e. The third-order valence-corrected chi connectivity index (χ3v) is 2.72. The fourth-order valence-corrected chi connectivity index (χ4v) is 1.89. The maximum Gasteiger partial charge on any atom is 0.0796 e. The van der Waals surface area contributed by atoms with Crippen LogP contribution < -0.4 is 0 Å². The van der Waals surface area contributed by atoms with Crippen LogP contribution in [0, 0.1) is 0 Å². The zero-order chi connectivity index (χ0) is 12.2. The fourth-order valence-electron chi connectivity index (χ4n) is 1.89. The Morgan fingerprint density at radius 1 is 0.684 bits per heavy atom. The molecular weight excluding hydrogens is 288 g/mol. The zero-order valence-electron chi connectivity index (χ0n) is 10.4. The van der Waals surface area contributed by atoms with Crippen LogP contribution in [0.3, 0.4) is 0 Å². The van der Waals surface area contributed by atoms with Gasteiger partial charge in [-0.1, -0.05) is 12.1 Å². The van der Waals surface area contributed by atoms with Gasteiger partial charge in [-0.25, -0.2) is 0 Å². The molecule has 0 atom stereocenters. The van der Waals surface area contributed by atoms with Crippen LogP contribution in [0.5, 0.6) is 0 Å². The molecule has 4 heteroatoms. The van der Waals surface area contributed by atoms with Crippen LogP contribution in [0.15, 0.2) is 67.4 Å². The molecule has 3 aromatic rings. The minimum Gasteiger partial charge on any atom is -0.264 e. The van der Waals surface area contributed by atoms with E-state index in [2.05, 4.69) is 15.0 Å². The third-order valence-electron chi connectivity index (χ3n) is 2.72. The van der Waals surface area contributed by atoms with Gasteiger partial charge in [0.05, 0.1) is 5.69 Å². The second kappa shape index (κ2) is 6.30. The van der Waals surface area contributed by atoms with Crippen molar-refractivity contribution in [2.75, 3.05) is 0 Å². The summed E-state index contributed by atoms with van der Waals surface area (Å²) in [7, 11) is 0. The van der Waals surface area contributed by atoms with Crippen LogP contribution in [0.25, 0.3) is 22.4 Å². The van der Waals surface area contributed by atoms with E-state index in [1.807, 2.05) is 48.8 Å². The molecule has 0 N–H and O–H groups in total. The van der Waals surface area contributed by atoms with Crippen molar-refractivity contribution in [2.45, 2.75) is 0 Å². The molecule has 3 aromatic heterocycles. The molecule has 3 nitrogen and oxygen atoms in total. The first-order valence-electron chi connectivity index (χ1n) is 5.71. The standard InChI is InChI=1S/C15H11N3.Zn/c1-4-12(10-16-7-1)14-6-3-9-18-15(14)13-5-2-8-17-11-13;/h1-11H;. The van der Waals surface area contributed by atoms with E-state index in [0.717, 1.165) is 22.4 Å². The summed E-state index contributed by atoms with van der Waals surface area (Å²) >= 11 is 0. The van der Waals surface area contributed by atoms with Crippen LogP contribution in [0.2, 0.25) is 0 Å². The molecule has 0 aromatic carbocycles. The van der Waals surface area contributed by atoms with E-state index in [9.17, 15) is 0 Å². The summed E-state index contributed by atoms with van der Waals surface area (Å²) in [6, 6.07) is 11.9. The van der Waals surface area contributed by atoms with E-state index in [4.69, 9.17) is 0 Å². The summed E-state index contributed by atoms with van der Waals surface area (Å²) in [4.78, 5) is 12.8. The maximum atomic E-state index is 4.46. The summed E-state index contributed by atoms with van der Waals surface area (Å²) in [6.07, 6.45) is 8.99. The molecule has 0 fully saturated rings. The summed E-state index contributed by atoms with van der Waals surface area (Å²) in [5.41, 5.74) is 4.07. The predicted molar refractivity (Wildman–Crippen MR) is 70.7 cm³/mol. The van der Waals surface area contributed by atoms with E-state index in [0.29, 0.717) is 0 Å². The number of hydrogen-bond acceptors (Lipinski definition) is 3. The Hall–Kier alpha value is -1.93. The Morgan fingerprint density at radius 3 is 1.95 bits per heavy atom. The predicted octanol–water partition coefficient (Wildman–Crippen LogP) is 3.20. The van der Waals surface area contributed by atoms with Crippen molar-refractivity contribution < 1.29 is 19.5 Å². The van der Waals surface area contributed by atoms with Gasteiger partial charge in [-0.15, -0.1) is 0 Å². The Labute approximate surface area is 124 Å². The third kappa shape index (κ3) is 2.91. The molecule has 0 radical (unpaired) electrons. The molecule has 0 aliphatic heterocycles. The quantitative estimate of drug-likeness (QED) is 0.682. The number of hydrogen-bond donors (Lipinski definition) is 0. The Bertz CT molecular complexity index is 583. The molecule has 0 aliphatic carbocycles. The van der Waals surface area contributed by atoms with Gasteiger partial charge in [-0.2, -0.15) is 0 Å². The molecule has 3 rings (SSSR count). The number of pyridine rings is 3. The van der Waals surface area contributed by atoms with Crippen molar-refractivity contribution in [2.24, 2.45) is 0 Å². The molecule has 0 spiro atoms. The van der Waals surface area contributed by atoms with Crippen molar-refractivity contribution in [3.63, 3.8) is 0 Å². The van der Waals surface area contributed by atoms with Crippen molar-refractivity contribution >= 4 is 0 Å². The van der Waals surface area contributed by atoms with Crippen molar-refractivity contribution in [3.05, 3.63) is 67.4 Å². The van der Waals surface area contributed by atoms with Crippen molar-refractivity contribution in [1.82, 2.24) is 15.0 Å². The zero-order valence-corrected chi connectivity index (χ0v) is 13.4. The van der Waals surface area contributed by atoms with Crippen molar-refractivity contribution in [1.29, 1.82) is 0 Å². The van der Waals surface area contributed by atoms with Crippen LogP contribution >= 0.6 is 0 Å². The summed E-state index contributed by atoms with van der Waals surface area (Å²) < 4.78 is 0. The molecule has 0 bridgehead atoms. The molecule has 3 heterocycles. The van der Waals surface area contributed by atoms with Gasteiger partial charge in [-0.05, 0) is 24.3 Å². The van der Waals surface area contributed by atoms with Crippen LogP contribution in [-0.2, 0) is 19.5 Å².